The molecule has 1 aromatic heterocycles. The van der Waals surface area contributed by atoms with E-state index in [9.17, 15) is 9.90 Å². The van der Waals surface area contributed by atoms with Gasteiger partial charge in [-0.15, -0.1) is 0 Å². The number of aromatic nitrogens is 1. The fourth-order valence-electron chi connectivity index (χ4n) is 2.52. The molecule has 1 aliphatic rings. The van der Waals surface area contributed by atoms with Crippen molar-refractivity contribution in [1.82, 2.24) is 9.88 Å². The zero-order valence-corrected chi connectivity index (χ0v) is 12.7. The third-order valence-corrected chi connectivity index (χ3v) is 4.58. The Morgan fingerprint density at radius 3 is 2.68 bits per heavy atom. The van der Waals surface area contributed by atoms with Crippen LogP contribution >= 0.6 is 15.9 Å². The summed E-state index contributed by atoms with van der Waals surface area (Å²) in [5, 5.41) is 9.50. The van der Waals surface area contributed by atoms with Crippen LogP contribution in [0, 0.1) is 5.41 Å². The van der Waals surface area contributed by atoms with Crippen LogP contribution in [0.5, 0.6) is 0 Å². The van der Waals surface area contributed by atoms with Gasteiger partial charge >= 0.3 is 0 Å². The zero-order chi connectivity index (χ0) is 13.9. The largest absolute Gasteiger partial charge is 0.396 e. The van der Waals surface area contributed by atoms with Gasteiger partial charge in [0.25, 0.3) is 5.91 Å². The lowest BCUT2D eigenvalue weighted by Gasteiger charge is -2.40. The topological polar surface area (TPSA) is 53.4 Å². The number of hydrogen-bond donors (Lipinski definition) is 1. The van der Waals surface area contributed by atoms with E-state index in [4.69, 9.17) is 0 Å². The van der Waals surface area contributed by atoms with Gasteiger partial charge in [0, 0.05) is 36.6 Å². The van der Waals surface area contributed by atoms with Crippen LogP contribution in [0.3, 0.4) is 0 Å². The second-order valence-electron chi connectivity index (χ2n) is 5.20. The highest BCUT2D eigenvalue weighted by molar-refractivity contribution is 9.10. The van der Waals surface area contributed by atoms with Crippen molar-refractivity contribution in [2.24, 2.45) is 5.41 Å². The van der Waals surface area contributed by atoms with Crippen molar-refractivity contribution in [3.8, 4) is 0 Å². The third kappa shape index (κ3) is 3.15. The van der Waals surface area contributed by atoms with E-state index in [1.165, 1.54) is 0 Å². The molecule has 5 heteroatoms. The first-order valence-corrected chi connectivity index (χ1v) is 7.40. The number of rotatable bonds is 3. The minimum atomic E-state index is 0.00625. The molecule has 1 aromatic rings. The van der Waals surface area contributed by atoms with Gasteiger partial charge in [0.1, 0.15) is 0 Å². The van der Waals surface area contributed by atoms with Crippen LogP contribution in [0.1, 0.15) is 36.5 Å². The van der Waals surface area contributed by atoms with E-state index in [1.54, 1.807) is 18.5 Å². The number of carbonyl (C=O) groups excluding carboxylic acids is 1. The van der Waals surface area contributed by atoms with Crippen LogP contribution in [0.2, 0.25) is 0 Å². The van der Waals surface area contributed by atoms with Crippen LogP contribution in [0.25, 0.3) is 0 Å². The molecule has 0 bridgehead atoms. The lowest BCUT2D eigenvalue weighted by atomic mass is 9.77. The average Bonchev–Trinajstić information content (AvgIpc) is 2.46. The first kappa shape index (κ1) is 14.5. The molecule has 0 radical (unpaired) electrons. The molecule has 1 saturated heterocycles. The number of aliphatic hydroxyl groups excluding tert-OH is 1. The monoisotopic (exact) mass is 326 g/mol. The Labute approximate surface area is 122 Å². The second-order valence-corrected chi connectivity index (χ2v) is 6.11. The highest BCUT2D eigenvalue weighted by Gasteiger charge is 2.34. The van der Waals surface area contributed by atoms with E-state index in [0.29, 0.717) is 18.7 Å². The second kappa shape index (κ2) is 6.01. The van der Waals surface area contributed by atoms with Gasteiger partial charge < -0.3 is 10.0 Å². The van der Waals surface area contributed by atoms with Crippen LogP contribution in [-0.4, -0.2) is 40.6 Å². The molecule has 19 heavy (non-hydrogen) atoms. The van der Waals surface area contributed by atoms with Gasteiger partial charge in [-0.1, -0.05) is 6.92 Å². The molecule has 0 atom stereocenters. The van der Waals surface area contributed by atoms with E-state index in [-0.39, 0.29) is 17.9 Å². The van der Waals surface area contributed by atoms with Crippen molar-refractivity contribution in [3.63, 3.8) is 0 Å². The summed E-state index contributed by atoms with van der Waals surface area (Å²) in [5.74, 6) is 0.0245. The molecule has 0 aliphatic carbocycles. The predicted octanol–water partition coefficient (Wildman–Crippen LogP) is 2.47. The van der Waals surface area contributed by atoms with Crippen LogP contribution < -0.4 is 0 Å². The van der Waals surface area contributed by atoms with Gasteiger partial charge in [-0.25, -0.2) is 0 Å². The number of piperidine rings is 1. The van der Waals surface area contributed by atoms with Gasteiger partial charge in [0.15, 0.2) is 0 Å². The minimum Gasteiger partial charge on any atom is -0.396 e. The first-order valence-electron chi connectivity index (χ1n) is 6.61. The quantitative estimate of drug-likeness (QED) is 0.928. The van der Waals surface area contributed by atoms with Crippen LogP contribution in [0.4, 0.5) is 0 Å². The zero-order valence-electron chi connectivity index (χ0n) is 11.1. The third-order valence-electron chi connectivity index (χ3n) is 4.15. The molecule has 1 fully saturated rings. The maximum Gasteiger partial charge on any atom is 0.255 e. The Morgan fingerprint density at radius 1 is 1.47 bits per heavy atom. The summed E-state index contributed by atoms with van der Waals surface area (Å²) >= 11 is 3.33. The average molecular weight is 327 g/mol. The fourth-order valence-corrected chi connectivity index (χ4v) is 2.88. The van der Waals surface area contributed by atoms with Gasteiger partial charge in [-0.3, -0.25) is 9.78 Å². The number of likely N-dealkylation sites (tertiary alicyclic amines) is 1. The molecule has 4 nitrogen and oxygen atoms in total. The van der Waals surface area contributed by atoms with E-state index >= 15 is 0 Å². The van der Waals surface area contributed by atoms with Crippen molar-refractivity contribution >= 4 is 21.8 Å². The Bertz CT molecular complexity index is 451. The van der Waals surface area contributed by atoms with Crippen molar-refractivity contribution < 1.29 is 9.90 Å². The molecule has 1 amide bonds. The van der Waals surface area contributed by atoms with E-state index < -0.39 is 0 Å². The standard InChI is InChI=1S/C14H19BrN2O2/c1-2-14(10-18)3-5-17(6-4-14)13(19)11-7-12(15)9-16-8-11/h7-9,18H,2-6,10H2,1H3. The SMILES string of the molecule is CCC1(CO)CCN(C(=O)c2cncc(Br)c2)CC1. The summed E-state index contributed by atoms with van der Waals surface area (Å²) in [5.41, 5.74) is 0.620. The number of carbonyl (C=O) groups is 1. The molecule has 0 saturated carbocycles. The van der Waals surface area contributed by atoms with Crippen molar-refractivity contribution in [2.75, 3.05) is 19.7 Å². The first-order chi connectivity index (χ1) is 9.10. The summed E-state index contributed by atoms with van der Waals surface area (Å²) in [6.07, 6.45) is 5.96. The van der Waals surface area contributed by atoms with Crippen molar-refractivity contribution in [2.45, 2.75) is 26.2 Å². The predicted molar refractivity (Wildman–Crippen MR) is 76.9 cm³/mol. The van der Waals surface area contributed by atoms with Gasteiger partial charge in [-0.05, 0) is 46.7 Å². The highest BCUT2D eigenvalue weighted by atomic mass is 79.9. The molecular formula is C14H19BrN2O2. The van der Waals surface area contributed by atoms with E-state index in [2.05, 4.69) is 27.8 Å². The molecule has 104 valence electrons. The number of aliphatic hydroxyl groups is 1. The van der Waals surface area contributed by atoms with Gasteiger partial charge in [-0.2, -0.15) is 0 Å². The Hall–Kier alpha value is -0.940. The Kier molecular flexibility index (Phi) is 4.58. The number of pyridine rings is 1. The Morgan fingerprint density at radius 2 is 2.16 bits per heavy atom. The van der Waals surface area contributed by atoms with Gasteiger partial charge in [0.05, 0.1) is 5.56 Å². The summed E-state index contributed by atoms with van der Waals surface area (Å²) in [4.78, 5) is 18.2. The maximum atomic E-state index is 12.3. The minimum absolute atomic E-state index is 0.00625. The maximum absolute atomic E-state index is 12.3. The number of hydrogen-bond acceptors (Lipinski definition) is 3. The lowest BCUT2D eigenvalue weighted by Crippen LogP contribution is -2.44. The van der Waals surface area contributed by atoms with Crippen LogP contribution in [-0.2, 0) is 0 Å². The summed E-state index contributed by atoms with van der Waals surface area (Å²) < 4.78 is 0.814. The molecule has 1 aliphatic heterocycles. The molecular weight excluding hydrogens is 308 g/mol. The normalized spacial score (nSPS) is 18.4. The number of halogens is 1. The molecule has 0 aromatic carbocycles. The molecule has 0 unspecified atom stereocenters. The fraction of sp³-hybridized carbons (Fsp3) is 0.571. The molecule has 1 N–H and O–H groups in total. The molecule has 0 spiro atoms. The van der Waals surface area contributed by atoms with Crippen molar-refractivity contribution in [1.29, 1.82) is 0 Å². The smallest absolute Gasteiger partial charge is 0.255 e. The summed E-state index contributed by atoms with van der Waals surface area (Å²) in [6, 6.07) is 1.79. The van der Waals surface area contributed by atoms with E-state index in [1.807, 2.05) is 4.90 Å². The number of amides is 1. The molecule has 2 heterocycles. The van der Waals surface area contributed by atoms with Gasteiger partial charge in [0.2, 0.25) is 0 Å². The van der Waals surface area contributed by atoms with Crippen LogP contribution in [0.15, 0.2) is 22.9 Å². The lowest BCUT2D eigenvalue weighted by molar-refractivity contribution is 0.0338. The summed E-state index contributed by atoms with van der Waals surface area (Å²) in [7, 11) is 0. The summed E-state index contributed by atoms with van der Waals surface area (Å²) in [6.45, 7) is 3.73. The highest BCUT2D eigenvalue weighted by Crippen LogP contribution is 2.34. The Balaban J connectivity index is 2.04. The number of nitrogens with zero attached hydrogens (tertiary/aromatic N) is 2. The molecule has 2 rings (SSSR count). The van der Waals surface area contributed by atoms with Crippen molar-refractivity contribution in [3.05, 3.63) is 28.5 Å². The van der Waals surface area contributed by atoms with E-state index in [0.717, 1.165) is 23.7 Å².